The van der Waals surface area contributed by atoms with Gasteiger partial charge in [0.05, 0.1) is 24.9 Å². The summed E-state index contributed by atoms with van der Waals surface area (Å²) < 4.78 is 6.91. The Balaban J connectivity index is 1.77. The molecular weight excluding hydrogens is 428 g/mol. The second-order valence-electron chi connectivity index (χ2n) is 9.60. The number of para-hydroxylation sites is 1. The minimum atomic E-state index is -0.269. The summed E-state index contributed by atoms with van der Waals surface area (Å²) in [6.07, 6.45) is 0.214. The summed E-state index contributed by atoms with van der Waals surface area (Å²) in [6, 6.07) is 18.8. The predicted octanol–water partition coefficient (Wildman–Crippen LogP) is 4.60. The van der Waals surface area contributed by atoms with Crippen molar-refractivity contribution in [2.24, 2.45) is 0 Å². The van der Waals surface area contributed by atoms with Gasteiger partial charge in [-0.1, -0.05) is 51.1 Å². The molecule has 0 aliphatic rings. The first-order valence-electron chi connectivity index (χ1n) is 11.5. The highest BCUT2D eigenvalue weighted by molar-refractivity contribution is 5.94. The van der Waals surface area contributed by atoms with E-state index >= 15 is 0 Å². The molecule has 0 aliphatic heterocycles. The first kappa shape index (κ1) is 25.0. The van der Waals surface area contributed by atoms with E-state index in [1.54, 1.807) is 16.7 Å². The number of ether oxygens (including phenoxy) is 1. The third-order valence-electron chi connectivity index (χ3n) is 5.52. The number of aromatic nitrogens is 2. The molecule has 0 saturated heterocycles. The quantitative estimate of drug-likeness (QED) is 0.531. The molecule has 0 unspecified atom stereocenters. The first-order chi connectivity index (χ1) is 16.1. The van der Waals surface area contributed by atoms with Crippen molar-refractivity contribution in [3.05, 3.63) is 71.9 Å². The Morgan fingerprint density at radius 2 is 1.71 bits per heavy atom. The molecule has 180 valence electrons. The van der Waals surface area contributed by atoms with Gasteiger partial charge in [-0.05, 0) is 43.7 Å². The van der Waals surface area contributed by atoms with Crippen LogP contribution in [0, 0.1) is 0 Å². The molecule has 1 heterocycles. The van der Waals surface area contributed by atoms with Gasteiger partial charge in [-0.3, -0.25) is 9.59 Å². The molecule has 1 N–H and O–H groups in total. The van der Waals surface area contributed by atoms with Gasteiger partial charge >= 0.3 is 0 Å². The fourth-order valence-corrected chi connectivity index (χ4v) is 3.52. The Kier molecular flexibility index (Phi) is 7.76. The summed E-state index contributed by atoms with van der Waals surface area (Å²) >= 11 is 0. The molecule has 1 aromatic heterocycles. The van der Waals surface area contributed by atoms with Crippen LogP contribution in [0.25, 0.3) is 5.69 Å². The highest BCUT2D eigenvalue weighted by atomic mass is 16.5. The fraction of sp³-hybridized carbons (Fsp3) is 0.370. The average Bonchev–Trinajstić information content (AvgIpc) is 3.22. The van der Waals surface area contributed by atoms with Gasteiger partial charge in [0, 0.05) is 17.5 Å². The van der Waals surface area contributed by atoms with E-state index in [4.69, 9.17) is 9.84 Å². The molecule has 0 spiro atoms. The number of hydrogen-bond acceptors (Lipinski definition) is 4. The van der Waals surface area contributed by atoms with Gasteiger partial charge < -0.3 is 15.0 Å². The van der Waals surface area contributed by atoms with E-state index in [1.165, 1.54) is 0 Å². The second kappa shape index (κ2) is 10.5. The molecule has 7 nitrogen and oxygen atoms in total. The van der Waals surface area contributed by atoms with Crippen LogP contribution in [0.2, 0.25) is 0 Å². The molecule has 0 bridgehead atoms. The van der Waals surface area contributed by atoms with Gasteiger partial charge in [-0.2, -0.15) is 5.10 Å². The predicted molar refractivity (Wildman–Crippen MR) is 134 cm³/mol. The number of nitrogens with zero attached hydrogens (tertiary/aromatic N) is 3. The second-order valence-corrected chi connectivity index (χ2v) is 9.60. The number of amides is 2. The fourth-order valence-electron chi connectivity index (χ4n) is 3.52. The number of hydrogen-bond donors (Lipinski definition) is 1. The summed E-state index contributed by atoms with van der Waals surface area (Å²) in [4.78, 5) is 27.7. The zero-order valence-corrected chi connectivity index (χ0v) is 20.8. The molecule has 34 heavy (non-hydrogen) atoms. The van der Waals surface area contributed by atoms with Gasteiger partial charge in [0.2, 0.25) is 11.8 Å². The van der Waals surface area contributed by atoms with Crippen LogP contribution in [0.5, 0.6) is 5.75 Å². The molecule has 0 radical (unpaired) electrons. The zero-order valence-electron chi connectivity index (χ0n) is 20.8. The van der Waals surface area contributed by atoms with Gasteiger partial charge in [-0.15, -0.1) is 0 Å². The van der Waals surface area contributed by atoms with Crippen LogP contribution in [0.4, 0.5) is 5.82 Å². The van der Waals surface area contributed by atoms with Crippen LogP contribution in [0.1, 0.15) is 45.9 Å². The topological polar surface area (TPSA) is 76.5 Å². The van der Waals surface area contributed by atoms with E-state index in [9.17, 15) is 9.59 Å². The molecule has 0 atom stereocenters. The van der Waals surface area contributed by atoms with E-state index in [0.717, 1.165) is 22.7 Å². The minimum absolute atomic E-state index is 0.0442. The largest absolute Gasteiger partial charge is 0.497 e. The first-order valence-corrected chi connectivity index (χ1v) is 11.5. The van der Waals surface area contributed by atoms with Crippen LogP contribution in [-0.4, -0.2) is 46.2 Å². The SMILES string of the molecule is COc1ccc(CC(=O)N(CC(=O)Nc2cc(C(C)(C)C)nn2-c2ccccc2)C(C)C)cc1. The summed E-state index contributed by atoms with van der Waals surface area (Å²) in [5.41, 5.74) is 2.40. The van der Waals surface area contributed by atoms with Gasteiger partial charge in [-0.25, -0.2) is 4.68 Å². The number of methoxy groups -OCH3 is 1. The molecule has 3 rings (SSSR count). The van der Waals surface area contributed by atoms with Crippen LogP contribution in [-0.2, 0) is 21.4 Å². The summed E-state index contributed by atoms with van der Waals surface area (Å²) in [5, 5.41) is 7.71. The lowest BCUT2D eigenvalue weighted by molar-refractivity contribution is -0.135. The smallest absolute Gasteiger partial charge is 0.245 e. The highest BCUT2D eigenvalue weighted by Gasteiger charge is 2.24. The summed E-state index contributed by atoms with van der Waals surface area (Å²) in [6.45, 7) is 10.0. The van der Waals surface area contributed by atoms with Crippen LogP contribution in [0.3, 0.4) is 0 Å². The zero-order chi connectivity index (χ0) is 24.9. The van der Waals surface area contributed by atoms with Crippen LogP contribution < -0.4 is 10.1 Å². The summed E-state index contributed by atoms with van der Waals surface area (Å²) in [7, 11) is 1.60. The van der Waals surface area contributed by atoms with Crippen molar-refractivity contribution in [2.45, 2.75) is 52.5 Å². The number of carbonyl (C=O) groups excluding carboxylic acids is 2. The summed E-state index contributed by atoms with van der Waals surface area (Å²) in [5.74, 6) is 0.935. The Bertz CT molecular complexity index is 1110. The number of benzene rings is 2. The van der Waals surface area contributed by atoms with Gasteiger partial charge in [0.25, 0.3) is 0 Å². The van der Waals surface area contributed by atoms with Crippen molar-refractivity contribution >= 4 is 17.6 Å². The Hall–Kier alpha value is -3.61. The third kappa shape index (κ3) is 6.25. The van der Waals surface area contributed by atoms with Crippen molar-refractivity contribution in [2.75, 3.05) is 19.0 Å². The maximum absolute atomic E-state index is 13.0. The lowest BCUT2D eigenvalue weighted by Crippen LogP contribution is -2.43. The van der Waals surface area contributed by atoms with Gasteiger partial charge in [0.15, 0.2) is 0 Å². The minimum Gasteiger partial charge on any atom is -0.497 e. The molecule has 0 aliphatic carbocycles. The Morgan fingerprint density at radius 3 is 2.26 bits per heavy atom. The van der Waals surface area contributed by atoms with E-state index in [-0.39, 0.29) is 36.2 Å². The number of rotatable bonds is 8. The normalized spacial score (nSPS) is 11.4. The van der Waals surface area contributed by atoms with E-state index in [1.807, 2.05) is 74.5 Å². The van der Waals surface area contributed by atoms with Crippen molar-refractivity contribution in [3.8, 4) is 11.4 Å². The number of nitrogens with one attached hydrogen (secondary N) is 1. The standard InChI is InChI=1S/C27H34N4O3/c1-19(2)30(26(33)16-20-12-14-22(34-6)15-13-20)18-25(32)28-24-17-23(27(3,4)5)29-31(24)21-10-8-7-9-11-21/h7-15,17,19H,16,18H2,1-6H3,(H,28,32). The molecule has 0 saturated carbocycles. The van der Waals surface area contributed by atoms with Gasteiger partial charge in [0.1, 0.15) is 18.1 Å². The lowest BCUT2D eigenvalue weighted by atomic mass is 9.92. The molecular formula is C27H34N4O3. The Morgan fingerprint density at radius 1 is 1.06 bits per heavy atom. The third-order valence-corrected chi connectivity index (χ3v) is 5.52. The van der Waals surface area contributed by atoms with Crippen molar-refractivity contribution in [3.63, 3.8) is 0 Å². The van der Waals surface area contributed by atoms with Crippen molar-refractivity contribution < 1.29 is 14.3 Å². The van der Waals surface area contributed by atoms with Crippen molar-refractivity contribution in [1.82, 2.24) is 14.7 Å². The van der Waals surface area contributed by atoms with E-state index in [2.05, 4.69) is 26.1 Å². The molecule has 2 aromatic carbocycles. The van der Waals surface area contributed by atoms with Crippen LogP contribution in [0.15, 0.2) is 60.7 Å². The lowest BCUT2D eigenvalue weighted by Gasteiger charge is -2.26. The monoisotopic (exact) mass is 462 g/mol. The number of carbonyl (C=O) groups is 2. The van der Waals surface area contributed by atoms with E-state index in [0.29, 0.717) is 5.82 Å². The Labute approximate surface area is 201 Å². The van der Waals surface area contributed by atoms with E-state index < -0.39 is 0 Å². The molecule has 2 amide bonds. The number of anilines is 1. The average molecular weight is 463 g/mol. The molecule has 3 aromatic rings. The maximum Gasteiger partial charge on any atom is 0.245 e. The molecule has 7 heteroatoms. The van der Waals surface area contributed by atoms with Crippen molar-refractivity contribution in [1.29, 1.82) is 0 Å². The highest BCUT2D eigenvalue weighted by Crippen LogP contribution is 2.26. The van der Waals surface area contributed by atoms with Crippen LogP contribution >= 0.6 is 0 Å². The molecule has 0 fully saturated rings. The maximum atomic E-state index is 13.0.